The van der Waals surface area contributed by atoms with Gasteiger partial charge in [0.05, 0.1) is 19.1 Å². The molecule has 1 unspecified atom stereocenters. The lowest BCUT2D eigenvalue weighted by Gasteiger charge is -2.50. The van der Waals surface area contributed by atoms with Gasteiger partial charge in [0.25, 0.3) is 0 Å². The van der Waals surface area contributed by atoms with Gasteiger partial charge in [-0.2, -0.15) is 0 Å². The summed E-state index contributed by atoms with van der Waals surface area (Å²) in [6.07, 6.45) is 7.39. The standard InChI is InChI=1S/C15H29N/c1-11-9-10-12-7-6-8-13(15(2,3)4)14(12)16(11)5/h11-14H,6-10H2,1-5H3/p+1/t11-,12-,13+,14-/m1/s1. The maximum Gasteiger partial charge on any atom is 0.0936 e. The van der Waals surface area contributed by atoms with E-state index in [1.807, 2.05) is 4.90 Å². The lowest BCUT2D eigenvalue weighted by atomic mass is 9.63. The van der Waals surface area contributed by atoms with Crippen molar-refractivity contribution in [1.82, 2.24) is 0 Å². The first-order chi connectivity index (χ1) is 7.41. The van der Waals surface area contributed by atoms with E-state index in [1.54, 1.807) is 0 Å². The highest BCUT2D eigenvalue weighted by Gasteiger charge is 2.47. The molecule has 1 saturated heterocycles. The summed E-state index contributed by atoms with van der Waals surface area (Å²) in [5, 5.41) is 0. The number of piperidine rings is 1. The molecule has 0 radical (unpaired) electrons. The molecule has 2 rings (SSSR count). The Hall–Kier alpha value is -0.0400. The van der Waals surface area contributed by atoms with Gasteiger partial charge in [0.1, 0.15) is 0 Å². The summed E-state index contributed by atoms with van der Waals surface area (Å²) in [6.45, 7) is 9.80. The van der Waals surface area contributed by atoms with Crippen molar-refractivity contribution >= 4 is 0 Å². The van der Waals surface area contributed by atoms with Crippen molar-refractivity contribution in [2.24, 2.45) is 17.3 Å². The van der Waals surface area contributed by atoms with Crippen molar-refractivity contribution < 1.29 is 4.90 Å². The van der Waals surface area contributed by atoms with Crippen LogP contribution in [0.4, 0.5) is 0 Å². The van der Waals surface area contributed by atoms with Crippen LogP contribution in [0.15, 0.2) is 0 Å². The van der Waals surface area contributed by atoms with Gasteiger partial charge in [-0.1, -0.05) is 27.2 Å². The molecule has 1 aliphatic heterocycles. The van der Waals surface area contributed by atoms with E-state index < -0.39 is 0 Å². The molecule has 1 aliphatic carbocycles. The Morgan fingerprint density at radius 3 is 2.31 bits per heavy atom. The molecule has 0 amide bonds. The Morgan fingerprint density at radius 1 is 1.00 bits per heavy atom. The third kappa shape index (κ3) is 2.16. The Labute approximate surface area is 102 Å². The number of fused-ring (bicyclic) bond motifs is 1. The van der Waals surface area contributed by atoms with Gasteiger partial charge in [-0.05, 0) is 38.0 Å². The largest absolute Gasteiger partial charge is 0.332 e. The number of nitrogens with one attached hydrogen (secondary N) is 1. The van der Waals surface area contributed by atoms with Crippen LogP contribution in [0.5, 0.6) is 0 Å². The lowest BCUT2D eigenvalue weighted by Crippen LogP contribution is -3.19. The second kappa shape index (κ2) is 4.33. The maximum absolute atomic E-state index is 2.45. The van der Waals surface area contributed by atoms with Gasteiger partial charge in [-0.3, -0.25) is 0 Å². The van der Waals surface area contributed by atoms with Crippen LogP contribution in [0.3, 0.4) is 0 Å². The van der Waals surface area contributed by atoms with Crippen LogP contribution in [-0.2, 0) is 0 Å². The fraction of sp³-hybridized carbons (Fsp3) is 1.00. The Kier molecular flexibility index (Phi) is 3.36. The average Bonchev–Trinajstić information content (AvgIpc) is 2.21. The predicted octanol–water partition coefficient (Wildman–Crippen LogP) is 2.51. The lowest BCUT2D eigenvalue weighted by molar-refractivity contribution is -0.945. The SMILES string of the molecule is C[C@@H]1CC[C@H]2CCC[C@H](C(C)(C)C)[C@@H]2[NH+]1C. The minimum atomic E-state index is 0.502. The normalized spacial score (nSPS) is 45.2. The van der Waals surface area contributed by atoms with Crippen molar-refractivity contribution in [2.45, 2.75) is 71.9 Å². The predicted molar refractivity (Wildman–Crippen MR) is 69.7 cm³/mol. The molecule has 0 aromatic heterocycles. The van der Waals surface area contributed by atoms with E-state index in [9.17, 15) is 0 Å². The number of quaternary nitrogens is 1. The maximum atomic E-state index is 2.45. The zero-order valence-corrected chi connectivity index (χ0v) is 11.8. The summed E-state index contributed by atoms with van der Waals surface area (Å²) in [5.41, 5.74) is 0.502. The van der Waals surface area contributed by atoms with E-state index in [0.717, 1.165) is 23.9 Å². The highest BCUT2D eigenvalue weighted by molar-refractivity contribution is 4.90. The second-order valence-electron chi connectivity index (χ2n) is 7.41. The summed E-state index contributed by atoms with van der Waals surface area (Å²) >= 11 is 0. The van der Waals surface area contributed by atoms with Crippen LogP contribution in [0.2, 0.25) is 0 Å². The second-order valence-corrected chi connectivity index (χ2v) is 7.41. The van der Waals surface area contributed by atoms with Crippen molar-refractivity contribution in [2.75, 3.05) is 7.05 Å². The van der Waals surface area contributed by atoms with E-state index in [4.69, 9.17) is 0 Å². The highest BCUT2D eigenvalue weighted by atomic mass is 15.2. The monoisotopic (exact) mass is 224 g/mol. The molecule has 0 bridgehead atoms. The summed E-state index contributed by atoms with van der Waals surface area (Å²) < 4.78 is 0. The van der Waals surface area contributed by atoms with Gasteiger partial charge in [-0.25, -0.2) is 0 Å². The average molecular weight is 224 g/mol. The fourth-order valence-electron chi connectivity index (χ4n) is 4.29. The molecule has 94 valence electrons. The Morgan fingerprint density at radius 2 is 1.69 bits per heavy atom. The van der Waals surface area contributed by atoms with E-state index in [1.165, 1.54) is 32.1 Å². The smallest absolute Gasteiger partial charge is 0.0936 e. The van der Waals surface area contributed by atoms with Crippen LogP contribution in [0, 0.1) is 17.3 Å². The molecule has 5 atom stereocenters. The van der Waals surface area contributed by atoms with Gasteiger partial charge in [0.2, 0.25) is 0 Å². The van der Waals surface area contributed by atoms with Crippen molar-refractivity contribution in [3.63, 3.8) is 0 Å². The number of likely N-dealkylation sites (tertiary alicyclic amines) is 1. The topological polar surface area (TPSA) is 4.44 Å². The zero-order chi connectivity index (χ0) is 11.9. The Balaban J connectivity index is 2.20. The van der Waals surface area contributed by atoms with Gasteiger partial charge in [0.15, 0.2) is 0 Å². The molecular formula is C15H30N+. The van der Waals surface area contributed by atoms with Gasteiger partial charge < -0.3 is 4.90 Å². The third-order valence-electron chi connectivity index (χ3n) is 5.42. The van der Waals surface area contributed by atoms with Crippen LogP contribution in [0.25, 0.3) is 0 Å². The molecule has 1 heteroatoms. The summed E-state index contributed by atoms with van der Waals surface area (Å²) in [6, 6.07) is 1.82. The zero-order valence-electron chi connectivity index (χ0n) is 11.8. The first kappa shape index (κ1) is 12.4. The minimum Gasteiger partial charge on any atom is -0.332 e. The highest BCUT2D eigenvalue weighted by Crippen LogP contribution is 2.42. The van der Waals surface area contributed by atoms with E-state index in [-0.39, 0.29) is 0 Å². The molecule has 2 aliphatic rings. The molecule has 1 nitrogen and oxygen atoms in total. The molecule has 1 N–H and O–H groups in total. The molecule has 0 spiro atoms. The summed E-state index contributed by atoms with van der Waals surface area (Å²) in [5.74, 6) is 1.96. The molecule has 0 aromatic rings. The first-order valence-electron chi connectivity index (χ1n) is 7.24. The van der Waals surface area contributed by atoms with Crippen molar-refractivity contribution in [3.05, 3.63) is 0 Å². The fourth-order valence-corrected chi connectivity index (χ4v) is 4.29. The molecular weight excluding hydrogens is 194 g/mol. The molecule has 0 aromatic carbocycles. The van der Waals surface area contributed by atoms with Crippen LogP contribution in [-0.4, -0.2) is 19.1 Å². The number of hydrogen-bond donors (Lipinski definition) is 1. The van der Waals surface area contributed by atoms with E-state index in [2.05, 4.69) is 34.7 Å². The van der Waals surface area contributed by atoms with Crippen LogP contribution in [0.1, 0.15) is 59.8 Å². The first-order valence-corrected chi connectivity index (χ1v) is 7.24. The van der Waals surface area contributed by atoms with Gasteiger partial charge >= 0.3 is 0 Å². The quantitative estimate of drug-likeness (QED) is 0.645. The van der Waals surface area contributed by atoms with E-state index >= 15 is 0 Å². The number of rotatable bonds is 0. The van der Waals surface area contributed by atoms with Gasteiger partial charge in [-0.15, -0.1) is 0 Å². The third-order valence-corrected chi connectivity index (χ3v) is 5.42. The molecule has 1 heterocycles. The van der Waals surface area contributed by atoms with Crippen LogP contribution >= 0.6 is 0 Å². The van der Waals surface area contributed by atoms with Crippen molar-refractivity contribution in [1.29, 1.82) is 0 Å². The van der Waals surface area contributed by atoms with Gasteiger partial charge in [0, 0.05) is 11.8 Å². The summed E-state index contributed by atoms with van der Waals surface area (Å²) in [7, 11) is 2.45. The van der Waals surface area contributed by atoms with E-state index in [0.29, 0.717) is 5.41 Å². The molecule has 2 fully saturated rings. The minimum absolute atomic E-state index is 0.502. The Bertz CT molecular complexity index is 238. The van der Waals surface area contributed by atoms with Crippen LogP contribution < -0.4 is 4.90 Å². The molecule has 1 saturated carbocycles. The number of hydrogen-bond acceptors (Lipinski definition) is 0. The summed E-state index contributed by atoms with van der Waals surface area (Å²) in [4.78, 5) is 1.83. The van der Waals surface area contributed by atoms with Crippen molar-refractivity contribution in [3.8, 4) is 0 Å². The molecule has 16 heavy (non-hydrogen) atoms.